The smallest absolute Gasteiger partial charge is 0.344 e. The summed E-state index contributed by atoms with van der Waals surface area (Å²) in [6, 6.07) is 0. The highest BCUT2D eigenvalue weighted by molar-refractivity contribution is 7.81. The molecule has 0 saturated carbocycles. The normalized spacial score (nSPS) is 11.1. The van der Waals surface area contributed by atoms with Crippen molar-refractivity contribution >= 4 is 10.4 Å². The van der Waals surface area contributed by atoms with Crippen LogP contribution in [0.5, 0.6) is 0 Å². The zero-order valence-corrected chi connectivity index (χ0v) is 21.0. The van der Waals surface area contributed by atoms with E-state index in [2.05, 4.69) is 15.3 Å². The molecule has 6 nitrogen and oxygen atoms in total. The van der Waals surface area contributed by atoms with Crippen molar-refractivity contribution in [3.63, 3.8) is 0 Å². The molecule has 0 spiro atoms. The third-order valence-electron chi connectivity index (χ3n) is 4.43. The van der Waals surface area contributed by atoms with Crippen LogP contribution in [0.4, 0.5) is 0 Å². The van der Waals surface area contributed by atoms with Gasteiger partial charge in [0.15, 0.2) is 0 Å². The van der Waals surface area contributed by atoms with E-state index < -0.39 is 10.4 Å². The molecule has 0 amide bonds. The van der Waals surface area contributed by atoms with Gasteiger partial charge in [-0.15, -0.1) is 0 Å². The van der Waals surface area contributed by atoms with Crippen molar-refractivity contribution in [2.75, 3.05) is 34.9 Å². The van der Waals surface area contributed by atoms with Gasteiger partial charge in [0.1, 0.15) is 0 Å². The summed E-state index contributed by atoms with van der Waals surface area (Å²) in [7, 11) is 3.37. The van der Waals surface area contributed by atoms with Crippen molar-refractivity contribution < 1.29 is 16.8 Å². The Morgan fingerprint density at radius 3 is 1.17 bits per heavy atom. The van der Waals surface area contributed by atoms with E-state index in [9.17, 15) is 8.42 Å². The molecule has 0 aliphatic rings. The van der Waals surface area contributed by atoms with Crippen LogP contribution >= 0.6 is 0 Å². The Hall–Kier alpha value is -0.210. The van der Waals surface area contributed by atoms with Gasteiger partial charge in [-0.25, -0.2) is 4.18 Å². The number of nitrogens with zero attached hydrogens (tertiary/aromatic N) is 1. The number of rotatable bonds is 19. The Bertz CT molecular complexity index is 388. The average Bonchev–Trinajstić information content (AvgIpc) is 2.64. The fourth-order valence-corrected chi connectivity index (χ4v) is 3.28. The Morgan fingerprint density at radius 2 is 0.897 bits per heavy atom. The predicted molar refractivity (Wildman–Crippen MR) is 126 cm³/mol. The minimum Gasteiger partial charge on any atom is -0.344 e. The molecule has 0 heterocycles. The molecule has 0 aliphatic carbocycles. The maximum atomic E-state index is 10.9. The molecule has 0 rings (SSSR count). The lowest BCUT2D eigenvalue weighted by atomic mass is 10.0. The fourth-order valence-electron chi connectivity index (χ4n) is 2.86. The lowest BCUT2D eigenvalue weighted by molar-refractivity contribution is 0.238. The number of hydrogen-bond acceptors (Lipinski definition) is 6. The molecule has 0 aliphatic heterocycles. The summed E-state index contributed by atoms with van der Waals surface area (Å²) in [5.74, 6) is 0. The molecule has 0 aromatic carbocycles. The first-order valence-corrected chi connectivity index (χ1v) is 12.7. The summed E-state index contributed by atoms with van der Waals surface area (Å²) in [6.07, 6.45) is 20.8. The van der Waals surface area contributed by atoms with Crippen LogP contribution in [0.15, 0.2) is 0 Å². The molecular formula is C22H52N2O4S. The fraction of sp³-hybridized carbons (Fsp3) is 1.00. The van der Waals surface area contributed by atoms with Crippen molar-refractivity contribution in [1.29, 1.82) is 0 Å². The third kappa shape index (κ3) is 35.6. The van der Waals surface area contributed by atoms with Crippen LogP contribution in [-0.2, 0) is 18.8 Å². The summed E-state index contributed by atoms with van der Waals surface area (Å²) in [5.41, 5.74) is 0. The van der Waals surface area contributed by atoms with E-state index in [0.717, 1.165) is 26.4 Å². The largest absolute Gasteiger partial charge is 0.399 e. The van der Waals surface area contributed by atoms with Gasteiger partial charge < -0.3 is 11.1 Å². The number of hydrogen-bond donors (Lipinski definition) is 1. The SMILES string of the molecule is CCCCCCCCCCCCCCCCCCOS(=O)(=O)OC.CN(C)C.N. The molecule has 0 unspecified atom stereocenters. The van der Waals surface area contributed by atoms with E-state index in [1.807, 2.05) is 26.0 Å². The van der Waals surface area contributed by atoms with Gasteiger partial charge in [-0.2, -0.15) is 8.42 Å². The van der Waals surface area contributed by atoms with Crippen LogP contribution in [-0.4, -0.2) is 48.2 Å². The van der Waals surface area contributed by atoms with Crippen molar-refractivity contribution in [1.82, 2.24) is 11.1 Å². The summed E-state index contributed by atoms with van der Waals surface area (Å²) in [5, 5.41) is 0. The first kappa shape index (κ1) is 33.4. The topological polar surface area (TPSA) is 90.8 Å². The van der Waals surface area contributed by atoms with Crippen LogP contribution in [0, 0.1) is 0 Å². The van der Waals surface area contributed by atoms with Gasteiger partial charge in [-0.1, -0.05) is 103 Å². The summed E-state index contributed by atoms with van der Waals surface area (Å²) < 4.78 is 30.7. The second kappa shape index (κ2) is 25.8. The molecular weight excluding hydrogens is 388 g/mol. The van der Waals surface area contributed by atoms with Crippen molar-refractivity contribution in [2.45, 2.75) is 110 Å². The van der Waals surface area contributed by atoms with Gasteiger partial charge in [0.25, 0.3) is 0 Å². The van der Waals surface area contributed by atoms with Gasteiger partial charge in [0, 0.05) is 0 Å². The van der Waals surface area contributed by atoms with E-state index in [1.54, 1.807) is 0 Å². The highest BCUT2D eigenvalue weighted by Crippen LogP contribution is 2.13. The third-order valence-corrected chi connectivity index (χ3v) is 5.29. The summed E-state index contributed by atoms with van der Waals surface area (Å²) in [4.78, 5) is 2.00. The van der Waals surface area contributed by atoms with Gasteiger partial charge in [0.05, 0.1) is 13.7 Å². The molecule has 7 heteroatoms. The maximum Gasteiger partial charge on any atom is 0.399 e. The minimum absolute atomic E-state index is 0. The Balaban J connectivity index is -0.00000123. The Morgan fingerprint density at radius 1 is 0.621 bits per heavy atom. The molecule has 29 heavy (non-hydrogen) atoms. The molecule has 0 radical (unpaired) electrons. The second-order valence-electron chi connectivity index (χ2n) is 8.04. The molecule has 0 saturated heterocycles. The molecule has 3 N–H and O–H groups in total. The average molecular weight is 441 g/mol. The van der Waals surface area contributed by atoms with E-state index in [1.165, 1.54) is 83.5 Å². The quantitative estimate of drug-likeness (QED) is 0.231. The van der Waals surface area contributed by atoms with Crippen molar-refractivity contribution in [3.8, 4) is 0 Å². The molecule has 0 bridgehead atoms. The molecule has 0 fully saturated rings. The van der Waals surface area contributed by atoms with E-state index in [0.29, 0.717) is 0 Å². The van der Waals surface area contributed by atoms with Gasteiger partial charge in [-0.05, 0) is 27.6 Å². The van der Waals surface area contributed by atoms with Crippen molar-refractivity contribution in [2.24, 2.45) is 0 Å². The van der Waals surface area contributed by atoms with Gasteiger partial charge in [-0.3, -0.25) is 4.18 Å². The first-order chi connectivity index (χ1) is 13.4. The molecule has 0 atom stereocenters. The Labute approximate surface area is 183 Å². The van der Waals surface area contributed by atoms with E-state index in [4.69, 9.17) is 0 Å². The first-order valence-electron chi connectivity index (χ1n) is 11.4. The second-order valence-corrected chi connectivity index (χ2v) is 9.43. The summed E-state index contributed by atoms with van der Waals surface area (Å²) >= 11 is 0. The lowest BCUT2D eigenvalue weighted by Crippen LogP contribution is -2.08. The monoisotopic (exact) mass is 440 g/mol. The van der Waals surface area contributed by atoms with E-state index in [-0.39, 0.29) is 12.8 Å². The highest BCUT2D eigenvalue weighted by atomic mass is 32.3. The molecule has 180 valence electrons. The standard InChI is InChI=1S/C19H40O4S.C3H9N.H3N/c1-3-4-5-6-7-8-9-10-11-12-13-14-15-16-17-18-19-23-24(20,21)22-2;1-4(2)3;/h3-19H2,1-2H3;1-3H3;1H3. The van der Waals surface area contributed by atoms with Gasteiger partial charge >= 0.3 is 10.4 Å². The number of unbranched alkanes of at least 4 members (excludes halogenated alkanes) is 15. The van der Waals surface area contributed by atoms with Crippen LogP contribution in [0.25, 0.3) is 0 Å². The summed E-state index contributed by atoms with van der Waals surface area (Å²) in [6.45, 7) is 2.50. The van der Waals surface area contributed by atoms with Crippen LogP contribution in [0.2, 0.25) is 0 Å². The van der Waals surface area contributed by atoms with Crippen LogP contribution in [0.3, 0.4) is 0 Å². The Kier molecular flexibility index (Phi) is 29.8. The predicted octanol–water partition coefficient (Wildman–Crippen LogP) is 6.50. The highest BCUT2D eigenvalue weighted by Gasteiger charge is 2.07. The zero-order valence-electron chi connectivity index (χ0n) is 20.2. The molecule has 0 aromatic rings. The van der Waals surface area contributed by atoms with Crippen LogP contribution in [0.1, 0.15) is 110 Å². The molecule has 0 aromatic heterocycles. The van der Waals surface area contributed by atoms with Crippen LogP contribution < -0.4 is 6.15 Å². The minimum atomic E-state index is -3.74. The zero-order chi connectivity index (χ0) is 21.5. The van der Waals surface area contributed by atoms with Crippen molar-refractivity contribution in [3.05, 3.63) is 0 Å². The lowest BCUT2D eigenvalue weighted by Gasteiger charge is -2.04. The van der Waals surface area contributed by atoms with Gasteiger partial charge in [0.2, 0.25) is 0 Å². The van der Waals surface area contributed by atoms with E-state index >= 15 is 0 Å². The maximum absolute atomic E-state index is 10.9.